The van der Waals surface area contributed by atoms with E-state index in [0.29, 0.717) is 6.54 Å². The molecule has 20 heavy (non-hydrogen) atoms. The van der Waals surface area contributed by atoms with Gasteiger partial charge in [-0.15, -0.1) is 0 Å². The Morgan fingerprint density at radius 3 is 2.65 bits per heavy atom. The Kier molecular flexibility index (Phi) is 3.85. The highest BCUT2D eigenvalue weighted by Crippen LogP contribution is 2.24. The molecule has 0 saturated carbocycles. The zero-order valence-corrected chi connectivity index (χ0v) is 13.7. The maximum Gasteiger partial charge on any atom is 0.131 e. The van der Waals surface area contributed by atoms with Gasteiger partial charge in [0.25, 0.3) is 0 Å². The number of hydrogen-bond acceptors (Lipinski definition) is 2. The van der Waals surface area contributed by atoms with Gasteiger partial charge in [0, 0.05) is 10.4 Å². The van der Waals surface area contributed by atoms with E-state index in [1.165, 1.54) is 5.56 Å². The first kappa shape index (κ1) is 13.7. The van der Waals surface area contributed by atoms with Gasteiger partial charge in [0.15, 0.2) is 0 Å². The van der Waals surface area contributed by atoms with E-state index in [9.17, 15) is 0 Å². The fraction of sp³-hybridized carbons (Fsp3) is 0.133. The molecule has 0 fully saturated rings. The Labute approximate surface area is 135 Å². The lowest BCUT2D eigenvalue weighted by atomic mass is 10.2. The normalized spacial score (nSPS) is 10.9. The van der Waals surface area contributed by atoms with Gasteiger partial charge in [-0.1, -0.05) is 23.7 Å². The number of hydrogen-bond donors (Lipinski definition) is 0. The molecule has 3 aromatic rings. The van der Waals surface area contributed by atoms with E-state index in [-0.39, 0.29) is 0 Å². The van der Waals surface area contributed by atoms with Gasteiger partial charge in [0.05, 0.1) is 19.2 Å². The highest BCUT2D eigenvalue weighted by atomic mass is 127. The molecule has 1 aromatic heterocycles. The van der Waals surface area contributed by atoms with E-state index in [1.807, 2.05) is 47.1 Å². The van der Waals surface area contributed by atoms with E-state index < -0.39 is 0 Å². The highest BCUT2D eigenvalue weighted by Gasteiger charge is 2.09. The maximum absolute atomic E-state index is 6.08. The molecule has 3 nitrogen and oxygen atoms in total. The molecular formula is C15H12ClIN2O. The van der Waals surface area contributed by atoms with Gasteiger partial charge in [-0.25, -0.2) is 0 Å². The Morgan fingerprint density at radius 2 is 1.95 bits per heavy atom. The summed E-state index contributed by atoms with van der Waals surface area (Å²) >= 11 is 8.33. The Morgan fingerprint density at radius 1 is 1.20 bits per heavy atom. The Balaban J connectivity index is 1.99. The molecule has 0 N–H and O–H groups in total. The Hall–Kier alpha value is -1.27. The number of halogens is 2. The highest BCUT2D eigenvalue weighted by molar-refractivity contribution is 14.1. The van der Waals surface area contributed by atoms with Crippen LogP contribution < -0.4 is 4.74 Å². The van der Waals surface area contributed by atoms with Gasteiger partial charge in [-0.2, -0.15) is 5.10 Å². The second-order valence-electron chi connectivity index (χ2n) is 4.46. The monoisotopic (exact) mass is 398 g/mol. The molecule has 0 atom stereocenters. The van der Waals surface area contributed by atoms with Crippen molar-refractivity contribution >= 4 is 45.1 Å². The summed E-state index contributed by atoms with van der Waals surface area (Å²) in [6.45, 7) is 0.712. The average molecular weight is 399 g/mol. The number of fused-ring (bicyclic) bond motifs is 1. The lowest BCUT2D eigenvalue weighted by Gasteiger charge is -2.05. The number of benzene rings is 2. The largest absolute Gasteiger partial charge is 0.497 e. The first-order valence-corrected chi connectivity index (χ1v) is 7.57. The topological polar surface area (TPSA) is 27.1 Å². The molecule has 1 heterocycles. The van der Waals surface area contributed by atoms with Crippen LogP contribution >= 0.6 is 34.2 Å². The molecule has 0 amide bonds. The van der Waals surface area contributed by atoms with Gasteiger partial charge in [0.2, 0.25) is 0 Å². The quantitative estimate of drug-likeness (QED) is 0.613. The molecule has 0 bridgehead atoms. The molecular weight excluding hydrogens is 387 g/mol. The molecule has 5 heteroatoms. The molecule has 0 radical (unpaired) electrons. The minimum absolute atomic E-state index is 0.712. The number of nitrogens with zero attached hydrogens (tertiary/aromatic N) is 2. The molecule has 0 saturated heterocycles. The fourth-order valence-electron chi connectivity index (χ4n) is 2.13. The summed E-state index contributed by atoms with van der Waals surface area (Å²) in [6, 6.07) is 13.9. The second kappa shape index (κ2) is 5.61. The van der Waals surface area contributed by atoms with Gasteiger partial charge < -0.3 is 4.74 Å². The van der Waals surface area contributed by atoms with Crippen molar-refractivity contribution in [2.24, 2.45) is 0 Å². The van der Waals surface area contributed by atoms with Gasteiger partial charge >= 0.3 is 0 Å². The summed E-state index contributed by atoms with van der Waals surface area (Å²) in [5, 5.41) is 6.44. The van der Waals surface area contributed by atoms with E-state index >= 15 is 0 Å². The van der Waals surface area contributed by atoms with E-state index in [2.05, 4.69) is 27.7 Å². The summed E-state index contributed by atoms with van der Waals surface area (Å²) in [6.07, 6.45) is 0. The van der Waals surface area contributed by atoms with Crippen LogP contribution in [-0.2, 0) is 6.54 Å². The standard InChI is InChI=1S/C15H12ClIN2O/c1-20-12-5-2-10(3-6-12)9-19-14-8-11(16)4-7-13(14)15(17)18-19/h2-8H,9H2,1H3. The zero-order chi connectivity index (χ0) is 14.1. The number of ether oxygens (including phenoxy) is 1. The summed E-state index contributed by atoms with van der Waals surface area (Å²) in [7, 11) is 1.67. The van der Waals surface area contributed by atoms with Crippen LogP contribution in [-0.4, -0.2) is 16.9 Å². The molecule has 0 unspecified atom stereocenters. The minimum atomic E-state index is 0.712. The van der Waals surface area contributed by atoms with E-state index in [4.69, 9.17) is 16.3 Å². The molecule has 0 spiro atoms. The van der Waals surface area contributed by atoms with Crippen LogP contribution in [0, 0.1) is 3.70 Å². The van der Waals surface area contributed by atoms with Crippen LogP contribution in [0.2, 0.25) is 5.02 Å². The van der Waals surface area contributed by atoms with Crippen LogP contribution in [0.3, 0.4) is 0 Å². The van der Waals surface area contributed by atoms with Crippen molar-refractivity contribution in [3.05, 3.63) is 56.8 Å². The van der Waals surface area contributed by atoms with Crippen LogP contribution in [0.5, 0.6) is 5.75 Å². The van der Waals surface area contributed by atoms with E-state index in [0.717, 1.165) is 25.4 Å². The third-order valence-electron chi connectivity index (χ3n) is 3.16. The lowest BCUT2D eigenvalue weighted by Crippen LogP contribution is -2.01. The van der Waals surface area contributed by atoms with Crippen LogP contribution in [0.1, 0.15) is 5.56 Å². The predicted octanol–water partition coefficient (Wildman–Crippen LogP) is 4.35. The molecule has 2 aromatic carbocycles. The molecule has 102 valence electrons. The minimum Gasteiger partial charge on any atom is -0.497 e. The first-order valence-electron chi connectivity index (χ1n) is 6.12. The third kappa shape index (κ3) is 2.62. The lowest BCUT2D eigenvalue weighted by molar-refractivity contribution is 0.414. The van der Waals surface area contributed by atoms with Gasteiger partial charge in [-0.05, 0) is 58.5 Å². The molecule has 0 aliphatic rings. The maximum atomic E-state index is 6.08. The molecule has 0 aliphatic heterocycles. The van der Waals surface area contributed by atoms with Crippen LogP contribution in [0.25, 0.3) is 10.9 Å². The summed E-state index contributed by atoms with van der Waals surface area (Å²) in [5.41, 5.74) is 2.23. The summed E-state index contributed by atoms with van der Waals surface area (Å²) in [4.78, 5) is 0. The zero-order valence-electron chi connectivity index (χ0n) is 10.8. The van der Waals surface area contributed by atoms with Crippen LogP contribution in [0.4, 0.5) is 0 Å². The van der Waals surface area contributed by atoms with Crippen molar-refractivity contribution < 1.29 is 4.74 Å². The van der Waals surface area contributed by atoms with Crippen LogP contribution in [0.15, 0.2) is 42.5 Å². The van der Waals surface area contributed by atoms with E-state index in [1.54, 1.807) is 7.11 Å². The number of rotatable bonds is 3. The second-order valence-corrected chi connectivity index (χ2v) is 5.92. The predicted molar refractivity (Wildman–Crippen MR) is 89.6 cm³/mol. The summed E-state index contributed by atoms with van der Waals surface area (Å²) in [5.74, 6) is 0.858. The van der Waals surface area contributed by atoms with Crippen molar-refractivity contribution in [3.8, 4) is 5.75 Å². The van der Waals surface area contributed by atoms with Gasteiger partial charge in [0.1, 0.15) is 9.45 Å². The smallest absolute Gasteiger partial charge is 0.131 e. The van der Waals surface area contributed by atoms with Crippen molar-refractivity contribution in [3.63, 3.8) is 0 Å². The van der Waals surface area contributed by atoms with Crippen molar-refractivity contribution in [1.29, 1.82) is 0 Å². The third-order valence-corrected chi connectivity index (χ3v) is 4.19. The average Bonchev–Trinajstić information content (AvgIpc) is 2.76. The SMILES string of the molecule is COc1ccc(Cn2nc(I)c3ccc(Cl)cc32)cc1. The summed E-state index contributed by atoms with van der Waals surface area (Å²) < 4.78 is 8.13. The fourth-order valence-corrected chi connectivity index (χ4v) is 3.01. The van der Waals surface area contributed by atoms with Gasteiger partial charge in [-0.3, -0.25) is 4.68 Å². The van der Waals surface area contributed by atoms with Crippen molar-refractivity contribution in [2.45, 2.75) is 6.54 Å². The number of methoxy groups -OCH3 is 1. The number of aromatic nitrogens is 2. The molecule has 3 rings (SSSR count). The van der Waals surface area contributed by atoms with Crippen molar-refractivity contribution in [2.75, 3.05) is 7.11 Å². The first-order chi connectivity index (χ1) is 9.67. The Bertz CT molecular complexity index is 752. The molecule has 0 aliphatic carbocycles. The van der Waals surface area contributed by atoms with Crippen molar-refractivity contribution in [1.82, 2.24) is 9.78 Å².